The molecule has 5 saturated carbocycles. The van der Waals surface area contributed by atoms with Crippen LogP contribution in [0.3, 0.4) is 0 Å². The molecular formula is C11H14O2. The minimum Gasteiger partial charge on any atom is -0.393 e. The molecule has 13 heavy (non-hydrogen) atoms. The number of aliphatic hydroxyl groups is 2. The molecule has 70 valence electrons. The van der Waals surface area contributed by atoms with Crippen LogP contribution in [0, 0.1) is 47.3 Å². The van der Waals surface area contributed by atoms with Gasteiger partial charge in [0, 0.05) is 0 Å². The van der Waals surface area contributed by atoms with Crippen molar-refractivity contribution < 1.29 is 10.2 Å². The Morgan fingerprint density at radius 2 is 1.46 bits per heavy atom. The van der Waals surface area contributed by atoms with Gasteiger partial charge in [0.05, 0.1) is 12.2 Å². The number of rotatable bonds is 1. The lowest BCUT2D eigenvalue weighted by Crippen LogP contribution is -2.51. The molecule has 0 saturated heterocycles. The van der Waals surface area contributed by atoms with Crippen molar-refractivity contribution in [1.82, 2.24) is 0 Å². The average molecular weight is 179 g/mol. The summed E-state index contributed by atoms with van der Waals surface area (Å²) >= 11 is 0. The molecule has 5 rings (SSSR count). The van der Waals surface area contributed by atoms with Crippen LogP contribution in [0.2, 0.25) is 0 Å². The molecule has 2 nitrogen and oxygen atoms in total. The molecule has 5 aliphatic rings. The molecule has 5 fully saturated rings. The van der Waals surface area contributed by atoms with Gasteiger partial charge < -0.3 is 10.2 Å². The molecule has 0 radical (unpaired) electrons. The molecule has 2 heteroatoms. The van der Waals surface area contributed by atoms with Crippen molar-refractivity contribution in [2.45, 2.75) is 18.6 Å². The molecule has 5 aliphatic carbocycles. The van der Waals surface area contributed by atoms with Crippen molar-refractivity contribution in [3.63, 3.8) is 0 Å². The molecule has 10 unspecified atom stereocenters. The molecule has 0 aromatic heterocycles. The van der Waals surface area contributed by atoms with Crippen LogP contribution in [-0.4, -0.2) is 23.9 Å². The van der Waals surface area contributed by atoms with Crippen LogP contribution in [0.1, 0.15) is 6.42 Å². The van der Waals surface area contributed by atoms with E-state index >= 15 is 0 Å². The van der Waals surface area contributed by atoms with Gasteiger partial charge in [-0.3, -0.25) is 0 Å². The van der Waals surface area contributed by atoms with E-state index in [1.54, 1.807) is 0 Å². The van der Waals surface area contributed by atoms with Gasteiger partial charge in [-0.15, -0.1) is 0 Å². The minimum atomic E-state index is -0.0323. The smallest absolute Gasteiger partial charge is 0.210 e. The Labute approximate surface area is 78.4 Å². The highest BCUT2D eigenvalue weighted by atomic mass is 16.3. The second kappa shape index (κ2) is 1.49. The summed E-state index contributed by atoms with van der Waals surface area (Å²) < 4.78 is 7.21. The second-order valence-corrected chi connectivity index (χ2v) is 5.98. The predicted molar refractivity (Wildman–Crippen MR) is 44.6 cm³/mol. The van der Waals surface area contributed by atoms with Crippen LogP contribution >= 0.6 is 0 Å². The van der Waals surface area contributed by atoms with Gasteiger partial charge in [-0.05, 0) is 53.8 Å². The first-order valence-electron chi connectivity index (χ1n) is 6.05. The van der Waals surface area contributed by atoms with Gasteiger partial charge >= 0.3 is 0 Å². The van der Waals surface area contributed by atoms with Crippen LogP contribution in [0.5, 0.6) is 0 Å². The van der Waals surface area contributed by atoms with Gasteiger partial charge in [0.25, 0.3) is 0 Å². The third-order valence-corrected chi connectivity index (χ3v) is 6.29. The van der Waals surface area contributed by atoms with E-state index in [0.717, 1.165) is 23.7 Å². The maximum Gasteiger partial charge on any atom is 0.210 e. The van der Waals surface area contributed by atoms with E-state index in [0.29, 0.717) is 23.7 Å². The summed E-state index contributed by atoms with van der Waals surface area (Å²) in [5, 5.41) is 15.2. The topological polar surface area (TPSA) is 40.5 Å². The lowest BCUT2D eigenvalue weighted by Gasteiger charge is -2.47. The standard InChI is InChI=1S/C11H14O2/c12-10-6-2-1-3-5-4(2)8(10)9(5)11(13)7(3)6/h2-13H,1H2/i12D. The van der Waals surface area contributed by atoms with Crippen molar-refractivity contribution in [2.24, 2.45) is 47.3 Å². The molecule has 2 bridgehead atoms. The van der Waals surface area contributed by atoms with E-state index in [-0.39, 0.29) is 12.2 Å². The molecular weight excluding hydrogens is 164 g/mol. The Morgan fingerprint density at radius 3 is 2.15 bits per heavy atom. The number of hydrogen-bond donors (Lipinski definition) is 2. The number of hydrogen-bond acceptors (Lipinski definition) is 2. The zero-order chi connectivity index (χ0) is 9.19. The minimum absolute atomic E-state index is 0.0323. The van der Waals surface area contributed by atoms with Crippen molar-refractivity contribution in [3.05, 3.63) is 0 Å². The fourth-order valence-corrected chi connectivity index (χ4v) is 6.40. The van der Waals surface area contributed by atoms with Gasteiger partial charge in [0.15, 0.2) is 0 Å². The zero-order valence-corrected chi connectivity index (χ0v) is 7.34. The monoisotopic (exact) mass is 179 g/mol. The predicted octanol–water partition coefficient (Wildman–Crippen LogP) is 0.0959. The quantitative estimate of drug-likeness (QED) is 0.599. The van der Waals surface area contributed by atoms with Crippen molar-refractivity contribution >= 4 is 0 Å². The zero-order valence-electron chi connectivity index (χ0n) is 8.34. The maximum atomic E-state index is 10.2. The Balaban J connectivity index is 1.75. The summed E-state index contributed by atoms with van der Waals surface area (Å²) in [6.45, 7) is 0. The number of fused-ring (bicyclic) bond motifs is 2. The van der Waals surface area contributed by atoms with E-state index < -0.39 is 0 Å². The highest BCUT2D eigenvalue weighted by molar-refractivity contribution is 5.30. The Kier molecular flexibility index (Phi) is 0.654. The van der Waals surface area contributed by atoms with Crippen LogP contribution in [0.15, 0.2) is 0 Å². The van der Waals surface area contributed by atoms with E-state index in [1.165, 1.54) is 6.42 Å². The normalized spacial score (nSPS) is 86.4. The van der Waals surface area contributed by atoms with Crippen molar-refractivity contribution in [2.75, 3.05) is 0 Å². The molecule has 0 amide bonds. The van der Waals surface area contributed by atoms with E-state index in [9.17, 15) is 5.11 Å². The Hall–Kier alpha value is -0.0800. The molecule has 0 aromatic rings. The van der Waals surface area contributed by atoms with Crippen LogP contribution in [0.4, 0.5) is 0 Å². The fraction of sp³-hybridized carbons (Fsp3) is 1.00. The summed E-state index contributed by atoms with van der Waals surface area (Å²) in [6, 6.07) is 0. The first kappa shape index (κ1) is 5.72. The summed E-state index contributed by atoms with van der Waals surface area (Å²) in [4.78, 5) is 0. The van der Waals surface area contributed by atoms with E-state index in [2.05, 4.69) is 0 Å². The van der Waals surface area contributed by atoms with E-state index in [1.807, 2.05) is 0 Å². The summed E-state index contributed by atoms with van der Waals surface area (Å²) in [7, 11) is 0. The largest absolute Gasteiger partial charge is 0.393 e. The third-order valence-electron chi connectivity index (χ3n) is 6.29. The third kappa shape index (κ3) is 0.375. The summed E-state index contributed by atoms with van der Waals surface area (Å²) in [5.74, 6) is 5.47. The number of aliphatic hydroxyl groups excluding tert-OH is 2. The highest BCUT2D eigenvalue weighted by Crippen LogP contribution is 2.82. The average Bonchev–Trinajstić information content (AvgIpc) is 2.62. The summed E-state index contributed by atoms with van der Waals surface area (Å²) in [6.07, 6.45) is 1.50. The van der Waals surface area contributed by atoms with Gasteiger partial charge in [0.1, 0.15) is 0 Å². The fourth-order valence-electron chi connectivity index (χ4n) is 6.40. The van der Waals surface area contributed by atoms with Crippen LogP contribution in [0.25, 0.3) is 0 Å². The first-order valence-corrected chi connectivity index (χ1v) is 5.64. The Morgan fingerprint density at radius 1 is 0.846 bits per heavy atom. The first-order chi connectivity index (χ1) is 6.84. The van der Waals surface area contributed by atoms with Gasteiger partial charge in [-0.1, -0.05) is 0 Å². The lowest BCUT2D eigenvalue weighted by atomic mass is 9.58. The lowest BCUT2D eigenvalue weighted by molar-refractivity contribution is -0.109. The molecule has 0 aliphatic heterocycles. The second-order valence-electron chi connectivity index (χ2n) is 5.98. The van der Waals surface area contributed by atoms with Gasteiger partial charge in [0.2, 0.25) is 1.43 Å². The molecule has 0 spiro atoms. The molecule has 2 N–H and O–H groups in total. The molecule has 0 heterocycles. The van der Waals surface area contributed by atoms with Crippen molar-refractivity contribution in [1.29, 1.82) is 1.43 Å². The van der Waals surface area contributed by atoms with Gasteiger partial charge in [-0.2, -0.15) is 0 Å². The SMILES string of the molecule is [2H]OC1C2C3CC4C2C(O)C2C4C3C12. The highest BCUT2D eigenvalue weighted by Gasteiger charge is 2.83. The maximum absolute atomic E-state index is 10.2. The van der Waals surface area contributed by atoms with Gasteiger partial charge in [-0.25, -0.2) is 0 Å². The van der Waals surface area contributed by atoms with E-state index in [4.69, 9.17) is 6.54 Å². The van der Waals surface area contributed by atoms with Crippen LogP contribution < -0.4 is 0 Å². The molecule has 0 aromatic carbocycles. The Bertz CT molecular complexity index is 331. The summed E-state index contributed by atoms with van der Waals surface area (Å²) in [5.41, 5.74) is 0. The van der Waals surface area contributed by atoms with Crippen molar-refractivity contribution in [3.8, 4) is 0 Å². The molecule has 10 atom stereocenters. The van der Waals surface area contributed by atoms with Crippen LogP contribution in [-0.2, 0) is 0 Å².